The molecular weight excluding hydrogens is 462 g/mol. The minimum absolute atomic E-state index is 0.150. The van der Waals surface area contributed by atoms with Gasteiger partial charge in [-0.05, 0) is 56.6 Å². The fourth-order valence-corrected chi connectivity index (χ4v) is 5.88. The van der Waals surface area contributed by atoms with E-state index in [1.165, 1.54) is 10.6 Å². The molecule has 8 nitrogen and oxygen atoms in total. The zero-order valence-electron chi connectivity index (χ0n) is 21.8. The fourth-order valence-electron chi connectivity index (χ4n) is 5.01. The van der Waals surface area contributed by atoms with Crippen molar-refractivity contribution in [2.45, 2.75) is 78.7 Å². The van der Waals surface area contributed by atoms with E-state index >= 15 is 0 Å². The molecular formula is C26H39N5O3S. The molecule has 2 aromatic rings. The Morgan fingerprint density at radius 1 is 1.14 bits per heavy atom. The molecule has 1 aromatic heterocycles. The van der Waals surface area contributed by atoms with Gasteiger partial charge in [-0.2, -0.15) is 0 Å². The van der Waals surface area contributed by atoms with Crippen LogP contribution >= 0.6 is 0 Å². The summed E-state index contributed by atoms with van der Waals surface area (Å²) < 4.78 is 28.5. The average Bonchev–Trinajstić information content (AvgIpc) is 3.32. The molecule has 0 bridgehead atoms. The largest absolute Gasteiger partial charge is 0.326 e. The first-order chi connectivity index (χ1) is 16.3. The normalized spacial score (nSPS) is 21.4. The summed E-state index contributed by atoms with van der Waals surface area (Å²) in [6.07, 6.45) is 6.29. The minimum atomic E-state index is -3.44. The van der Waals surface area contributed by atoms with Crippen molar-refractivity contribution in [2.75, 3.05) is 24.7 Å². The van der Waals surface area contributed by atoms with Crippen LogP contribution in [0.3, 0.4) is 0 Å². The van der Waals surface area contributed by atoms with Gasteiger partial charge >= 0.3 is 0 Å². The predicted molar refractivity (Wildman–Crippen MR) is 138 cm³/mol. The molecule has 1 saturated heterocycles. The molecule has 1 aliphatic heterocycles. The third kappa shape index (κ3) is 6.12. The molecule has 1 saturated carbocycles. The number of rotatable bonds is 8. The summed E-state index contributed by atoms with van der Waals surface area (Å²) in [7, 11) is -3.44. The van der Waals surface area contributed by atoms with Crippen molar-refractivity contribution in [1.82, 2.24) is 19.1 Å². The first-order valence-corrected chi connectivity index (χ1v) is 14.5. The molecule has 2 atom stereocenters. The number of carbonyl (C=O) groups is 1. The van der Waals surface area contributed by atoms with Crippen molar-refractivity contribution in [1.29, 1.82) is 0 Å². The Hall–Kier alpha value is -2.26. The summed E-state index contributed by atoms with van der Waals surface area (Å²) in [6.45, 7) is 11.1. The molecule has 9 heteroatoms. The second-order valence-corrected chi connectivity index (χ2v) is 13.6. The lowest BCUT2D eigenvalue weighted by molar-refractivity contribution is -0.119. The number of nitrogens with one attached hydrogen (secondary N) is 1. The third-order valence-electron chi connectivity index (χ3n) is 7.10. The summed E-state index contributed by atoms with van der Waals surface area (Å²) in [6, 6.07) is 6.24. The molecule has 1 amide bonds. The van der Waals surface area contributed by atoms with Crippen molar-refractivity contribution < 1.29 is 13.2 Å². The van der Waals surface area contributed by atoms with Gasteiger partial charge in [0.2, 0.25) is 15.9 Å². The number of anilines is 1. The van der Waals surface area contributed by atoms with E-state index in [2.05, 4.69) is 40.9 Å². The highest BCUT2D eigenvalue weighted by Crippen LogP contribution is 2.42. The second kappa shape index (κ2) is 9.65. The number of carbonyl (C=O) groups excluding carboxylic acids is 1. The topological polar surface area (TPSA) is 97.2 Å². The highest BCUT2D eigenvalue weighted by atomic mass is 32.2. The minimum Gasteiger partial charge on any atom is -0.326 e. The molecule has 4 rings (SSSR count). The van der Waals surface area contributed by atoms with Crippen molar-refractivity contribution >= 4 is 21.6 Å². The highest BCUT2D eigenvalue weighted by Gasteiger charge is 2.45. The summed E-state index contributed by atoms with van der Waals surface area (Å²) in [5, 5.41) is 12.2. The van der Waals surface area contributed by atoms with Gasteiger partial charge in [0.1, 0.15) is 11.6 Å². The molecule has 1 aromatic carbocycles. The van der Waals surface area contributed by atoms with E-state index in [9.17, 15) is 13.2 Å². The Balaban J connectivity index is 1.62. The van der Waals surface area contributed by atoms with Gasteiger partial charge in [0.15, 0.2) is 0 Å². The van der Waals surface area contributed by atoms with Crippen LogP contribution in [-0.4, -0.2) is 52.7 Å². The molecule has 0 unspecified atom stereocenters. The maximum atomic E-state index is 13.5. The summed E-state index contributed by atoms with van der Waals surface area (Å²) >= 11 is 0. The SMILES string of the molecule is Cc1ccc(NC(=O)[C@H]2CN(S(C)(=O)=O)C[C@@H]2c2nnc(CCCC(C)(C)C)n2C2CC2)c(C)c1. The smallest absolute Gasteiger partial charge is 0.229 e. The van der Waals surface area contributed by atoms with E-state index in [4.69, 9.17) is 0 Å². The van der Waals surface area contributed by atoms with E-state index in [1.54, 1.807) is 0 Å². The van der Waals surface area contributed by atoms with Crippen molar-refractivity contribution in [3.05, 3.63) is 41.0 Å². The lowest BCUT2D eigenvalue weighted by Gasteiger charge is -2.20. The quantitative estimate of drug-likeness (QED) is 0.584. The van der Waals surface area contributed by atoms with Gasteiger partial charge in [-0.15, -0.1) is 10.2 Å². The Kier molecular flexibility index (Phi) is 7.12. The third-order valence-corrected chi connectivity index (χ3v) is 8.33. The van der Waals surface area contributed by atoms with Crippen LogP contribution in [0.25, 0.3) is 0 Å². The fraction of sp³-hybridized carbons (Fsp3) is 0.654. The van der Waals surface area contributed by atoms with E-state index in [1.807, 2.05) is 32.0 Å². The molecule has 1 N–H and O–H groups in total. The molecule has 192 valence electrons. The van der Waals surface area contributed by atoms with E-state index < -0.39 is 15.9 Å². The van der Waals surface area contributed by atoms with Crippen molar-refractivity contribution in [3.8, 4) is 0 Å². The number of aromatic nitrogens is 3. The maximum Gasteiger partial charge on any atom is 0.229 e. The van der Waals surface area contributed by atoms with Crippen LogP contribution < -0.4 is 5.32 Å². The molecule has 2 fully saturated rings. The monoisotopic (exact) mass is 501 g/mol. The molecule has 2 aliphatic rings. The molecule has 0 radical (unpaired) electrons. The van der Waals surface area contributed by atoms with Crippen LogP contribution in [0.2, 0.25) is 0 Å². The Labute approximate surface area is 209 Å². The highest BCUT2D eigenvalue weighted by molar-refractivity contribution is 7.88. The number of sulfonamides is 1. The van der Waals surface area contributed by atoms with Gasteiger partial charge in [-0.3, -0.25) is 4.79 Å². The number of benzene rings is 1. The van der Waals surface area contributed by atoms with E-state index in [0.717, 1.165) is 60.6 Å². The van der Waals surface area contributed by atoms with Gasteiger partial charge in [-0.1, -0.05) is 38.5 Å². The summed E-state index contributed by atoms with van der Waals surface area (Å²) in [4.78, 5) is 13.5. The number of aryl methyl sites for hydroxylation is 3. The average molecular weight is 502 g/mol. The standard InChI is InChI=1S/C26H39N5O3S/c1-17-9-12-22(18(2)14-17)27-25(32)21-16-30(35(6,33)34)15-20(21)24-29-28-23(31(24)19-10-11-19)8-7-13-26(3,4)5/h9,12,14,19-21H,7-8,10-11,13,15-16H2,1-6H3,(H,27,32)/t20-,21-/m0/s1. The zero-order valence-corrected chi connectivity index (χ0v) is 22.7. The van der Waals surface area contributed by atoms with Crippen LogP contribution in [0.15, 0.2) is 18.2 Å². The number of amides is 1. The van der Waals surface area contributed by atoms with Crippen LogP contribution in [0, 0.1) is 25.2 Å². The summed E-state index contributed by atoms with van der Waals surface area (Å²) in [5.74, 6) is 0.672. The molecule has 1 aliphatic carbocycles. The number of nitrogens with zero attached hydrogens (tertiary/aromatic N) is 4. The van der Waals surface area contributed by atoms with Gasteiger partial charge in [0.05, 0.1) is 12.2 Å². The Morgan fingerprint density at radius 2 is 1.86 bits per heavy atom. The lowest BCUT2D eigenvalue weighted by Crippen LogP contribution is -2.31. The van der Waals surface area contributed by atoms with Gasteiger partial charge in [0.25, 0.3) is 0 Å². The van der Waals surface area contributed by atoms with Crippen molar-refractivity contribution in [2.24, 2.45) is 11.3 Å². The Morgan fingerprint density at radius 3 is 2.46 bits per heavy atom. The first kappa shape index (κ1) is 25.8. The predicted octanol–water partition coefficient (Wildman–Crippen LogP) is 4.21. The zero-order chi connectivity index (χ0) is 25.5. The van der Waals surface area contributed by atoms with Crippen LogP contribution in [-0.2, 0) is 21.2 Å². The lowest BCUT2D eigenvalue weighted by atomic mass is 9.90. The van der Waals surface area contributed by atoms with E-state index in [0.29, 0.717) is 6.04 Å². The number of hydrogen-bond donors (Lipinski definition) is 1. The Bertz CT molecular complexity index is 1190. The van der Waals surface area contributed by atoms with Crippen molar-refractivity contribution in [3.63, 3.8) is 0 Å². The summed E-state index contributed by atoms with van der Waals surface area (Å²) in [5.41, 5.74) is 3.12. The molecule has 0 spiro atoms. The van der Waals surface area contributed by atoms with Gasteiger partial charge in [-0.25, -0.2) is 12.7 Å². The van der Waals surface area contributed by atoms with Crippen LogP contribution in [0.5, 0.6) is 0 Å². The van der Waals surface area contributed by atoms with Gasteiger partial charge < -0.3 is 9.88 Å². The number of hydrogen-bond acceptors (Lipinski definition) is 5. The maximum absolute atomic E-state index is 13.5. The first-order valence-electron chi connectivity index (χ1n) is 12.6. The second-order valence-electron chi connectivity index (χ2n) is 11.6. The van der Waals surface area contributed by atoms with Crippen LogP contribution in [0.4, 0.5) is 5.69 Å². The van der Waals surface area contributed by atoms with E-state index in [-0.39, 0.29) is 30.3 Å². The van der Waals surface area contributed by atoms with Crippen LogP contribution in [0.1, 0.15) is 81.2 Å². The molecule has 35 heavy (non-hydrogen) atoms. The molecule has 2 heterocycles. The van der Waals surface area contributed by atoms with Gasteiger partial charge in [0, 0.05) is 37.2 Å².